The fourth-order valence-corrected chi connectivity index (χ4v) is 3.10. The summed E-state index contributed by atoms with van der Waals surface area (Å²) in [7, 11) is 0. The minimum Gasteiger partial charge on any atom is -0.490 e. The van der Waals surface area contributed by atoms with Crippen molar-refractivity contribution in [3.05, 3.63) is 23.8 Å². The van der Waals surface area contributed by atoms with Crippen LogP contribution in [0.3, 0.4) is 0 Å². The number of nitrogens with one attached hydrogen (secondary N) is 3. The second kappa shape index (κ2) is 8.38. The SMILES string of the molecule is CCCNC(=O)NC(=O)CN1C(=O)N[C@@](C)(c2ccc3c(c2)OCCCO3)C1=O. The fraction of sp³-hybridized carbons (Fsp3) is 0.474. The first kappa shape index (κ1) is 20.4. The van der Waals surface area contributed by atoms with E-state index in [4.69, 9.17) is 9.47 Å². The van der Waals surface area contributed by atoms with Gasteiger partial charge in [0.15, 0.2) is 11.5 Å². The zero-order chi connectivity index (χ0) is 21.0. The van der Waals surface area contributed by atoms with Crippen LogP contribution in [0.2, 0.25) is 0 Å². The van der Waals surface area contributed by atoms with Gasteiger partial charge in [-0.2, -0.15) is 0 Å². The van der Waals surface area contributed by atoms with Gasteiger partial charge >= 0.3 is 12.1 Å². The van der Waals surface area contributed by atoms with Gasteiger partial charge in [-0.25, -0.2) is 9.59 Å². The normalized spacial score (nSPS) is 20.7. The van der Waals surface area contributed by atoms with Crippen LogP contribution in [0.25, 0.3) is 0 Å². The molecule has 1 atom stereocenters. The molecule has 1 saturated heterocycles. The number of hydrogen-bond donors (Lipinski definition) is 3. The predicted molar refractivity (Wildman–Crippen MR) is 101 cm³/mol. The molecule has 3 N–H and O–H groups in total. The van der Waals surface area contributed by atoms with Crippen LogP contribution < -0.4 is 25.4 Å². The molecule has 1 aromatic carbocycles. The molecule has 1 aromatic rings. The molecular weight excluding hydrogens is 380 g/mol. The third kappa shape index (κ3) is 4.25. The van der Waals surface area contributed by atoms with Crippen LogP contribution >= 0.6 is 0 Å². The van der Waals surface area contributed by atoms with Crippen molar-refractivity contribution in [2.75, 3.05) is 26.3 Å². The summed E-state index contributed by atoms with van der Waals surface area (Å²) < 4.78 is 11.2. The standard InChI is InChI=1S/C19H24N4O6/c1-3-7-20-17(26)21-15(24)11-23-16(25)19(2,22-18(23)27)12-5-6-13-14(10-12)29-9-4-8-28-13/h5-6,10H,3-4,7-9,11H2,1-2H3,(H,22,27)(H2,20,21,24,26)/t19-/m0/s1. The first-order chi connectivity index (χ1) is 13.8. The molecule has 156 valence electrons. The fourth-order valence-electron chi connectivity index (χ4n) is 3.10. The van der Waals surface area contributed by atoms with Crippen LogP contribution in [0, 0.1) is 0 Å². The average Bonchev–Trinajstić information content (AvgIpc) is 2.86. The Morgan fingerprint density at radius 2 is 1.93 bits per heavy atom. The number of nitrogens with zero attached hydrogens (tertiary/aromatic N) is 1. The Hall–Kier alpha value is -3.30. The molecule has 6 amide bonds. The van der Waals surface area contributed by atoms with Crippen molar-refractivity contribution in [3.8, 4) is 11.5 Å². The average molecular weight is 404 g/mol. The largest absolute Gasteiger partial charge is 0.490 e. The Labute approximate surface area is 167 Å². The Balaban J connectivity index is 1.73. The molecule has 3 rings (SSSR count). The van der Waals surface area contributed by atoms with Gasteiger partial charge in [0.1, 0.15) is 12.1 Å². The van der Waals surface area contributed by atoms with E-state index in [9.17, 15) is 19.2 Å². The number of carbonyl (C=O) groups is 4. The van der Waals surface area contributed by atoms with Gasteiger partial charge in [0.05, 0.1) is 13.2 Å². The van der Waals surface area contributed by atoms with Gasteiger partial charge < -0.3 is 20.1 Å². The molecular formula is C19H24N4O6. The highest BCUT2D eigenvalue weighted by atomic mass is 16.5. The molecule has 1 fully saturated rings. The second-order valence-corrected chi connectivity index (χ2v) is 6.96. The van der Waals surface area contributed by atoms with E-state index < -0.39 is 36.0 Å². The zero-order valence-corrected chi connectivity index (χ0v) is 16.4. The lowest BCUT2D eigenvalue weighted by Gasteiger charge is -2.23. The maximum Gasteiger partial charge on any atom is 0.325 e. The molecule has 0 aliphatic carbocycles. The molecule has 10 nitrogen and oxygen atoms in total. The molecule has 0 radical (unpaired) electrons. The van der Waals surface area contributed by atoms with E-state index in [0.29, 0.717) is 43.2 Å². The van der Waals surface area contributed by atoms with E-state index in [1.165, 1.54) is 0 Å². The van der Waals surface area contributed by atoms with Gasteiger partial charge in [-0.15, -0.1) is 0 Å². The summed E-state index contributed by atoms with van der Waals surface area (Å²) in [6.07, 6.45) is 1.45. The number of ether oxygens (including phenoxy) is 2. The minimum absolute atomic E-state index is 0.407. The first-order valence-electron chi connectivity index (χ1n) is 9.47. The van der Waals surface area contributed by atoms with Gasteiger partial charge in [0.2, 0.25) is 5.91 Å². The first-order valence-corrected chi connectivity index (χ1v) is 9.47. The van der Waals surface area contributed by atoms with Crippen molar-refractivity contribution in [3.63, 3.8) is 0 Å². The van der Waals surface area contributed by atoms with Gasteiger partial charge in [0.25, 0.3) is 5.91 Å². The number of carbonyl (C=O) groups excluding carboxylic acids is 4. The second-order valence-electron chi connectivity index (χ2n) is 6.96. The monoisotopic (exact) mass is 404 g/mol. The molecule has 0 aromatic heterocycles. The summed E-state index contributed by atoms with van der Waals surface area (Å²) in [5.41, 5.74) is -0.865. The summed E-state index contributed by atoms with van der Waals surface area (Å²) in [6, 6.07) is 3.63. The maximum absolute atomic E-state index is 13.0. The zero-order valence-electron chi connectivity index (χ0n) is 16.4. The number of urea groups is 2. The van der Waals surface area contributed by atoms with Crippen LogP contribution in [0.15, 0.2) is 18.2 Å². The Morgan fingerprint density at radius 3 is 2.66 bits per heavy atom. The lowest BCUT2D eigenvalue weighted by molar-refractivity contribution is -0.134. The quantitative estimate of drug-likeness (QED) is 0.625. The minimum atomic E-state index is -1.37. The number of benzene rings is 1. The molecule has 2 aliphatic rings. The van der Waals surface area contributed by atoms with Gasteiger partial charge in [-0.3, -0.25) is 19.8 Å². The van der Waals surface area contributed by atoms with Crippen molar-refractivity contribution in [1.29, 1.82) is 0 Å². The number of rotatable bonds is 5. The highest BCUT2D eigenvalue weighted by molar-refractivity contribution is 6.10. The highest BCUT2D eigenvalue weighted by Crippen LogP contribution is 2.36. The molecule has 29 heavy (non-hydrogen) atoms. The molecule has 2 heterocycles. The van der Waals surface area contributed by atoms with Crippen LogP contribution in [0.4, 0.5) is 9.59 Å². The van der Waals surface area contributed by atoms with Gasteiger partial charge in [-0.05, 0) is 31.0 Å². The molecule has 0 bridgehead atoms. The van der Waals surface area contributed by atoms with E-state index in [2.05, 4.69) is 16.0 Å². The number of amides is 6. The third-order valence-electron chi connectivity index (χ3n) is 4.69. The lowest BCUT2D eigenvalue weighted by Crippen LogP contribution is -2.47. The number of hydrogen-bond acceptors (Lipinski definition) is 6. The summed E-state index contributed by atoms with van der Waals surface area (Å²) in [6.45, 7) is 4.29. The molecule has 10 heteroatoms. The summed E-state index contributed by atoms with van der Waals surface area (Å²) in [4.78, 5) is 49.8. The van der Waals surface area contributed by atoms with Crippen molar-refractivity contribution >= 4 is 23.9 Å². The van der Waals surface area contributed by atoms with Crippen LogP contribution in [-0.2, 0) is 15.1 Å². The van der Waals surface area contributed by atoms with Crippen molar-refractivity contribution in [1.82, 2.24) is 20.9 Å². The van der Waals surface area contributed by atoms with Gasteiger partial charge in [-0.1, -0.05) is 13.0 Å². The number of imide groups is 2. The van der Waals surface area contributed by atoms with E-state index in [1.807, 2.05) is 6.92 Å². The Morgan fingerprint density at radius 1 is 1.21 bits per heavy atom. The van der Waals surface area contributed by atoms with Crippen molar-refractivity contribution in [2.45, 2.75) is 32.2 Å². The van der Waals surface area contributed by atoms with E-state index in [0.717, 1.165) is 11.3 Å². The van der Waals surface area contributed by atoms with Crippen LogP contribution in [0.1, 0.15) is 32.3 Å². The van der Waals surface area contributed by atoms with Crippen LogP contribution in [-0.4, -0.2) is 55.1 Å². The number of fused-ring (bicyclic) bond motifs is 1. The Bertz CT molecular complexity index is 842. The van der Waals surface area contributed by atoms with E-state index in [1.54, 1.807) is 25.1 Å². The molecule has 0 saturated carbocycles. The highest BCUT2D eigenvalue weighted by Gasteiger charge is 2.49. The summed E-state index contributed by atoms with van der Waals surface area (Å²) in [5, 5.41) is 7.21. The predicted octanol–water partition coefficient (Wildman–Crippen LogP) is 0.851. The van der Waals surface area contributed by atoms with Crippen molar-refractivity contribution < 1.29 is 28.7 Å². The third-order valence-corrected chi connectivity index (χ3v) is 4.69. The Kier molecular flexibility index (Phi) is 5.90. The van der Waals surface area contributed by atoms with Crippen molar-refractivity contribution in [2.24, 2.45) is 0 Å². The van der Waals surface area contributed by atoms with Gasteiger partial charge in [0, 0.05) is 13.0 Å². The summed E-state index contributed by atoms with van der Waals surface area (Å²) in [5.74, 6) is -0.292. The lowest BCUT2D eigenvalue weighted by atomic mass is 9.91. The topological polar surface area (TPSA) is 126 Å². The van der Waals surface area contributed by atoms with E-state index in [-0.39, 0.29) is 0 Å². The smallest absolute Gasteiger partial charge is 0.325 e. The summed E-state index contributed by atoms with van der Waals surface area (Å²) >= 11 is 0. The van der Waals surface area contributed by atoms with E-state index >= 15 is 0 Å². The molecule has 0 spiro atoms. The molecule has 0 unspecified atom stereocenters. The van der Waals surface area contributed by atoms with Crippen LogP contribution in [0.5, 0.6) is 11.5 Å². The maximum atomic E-state index is 13.0. The molecule has 2 aliphatic heterocycles.